The Kier molecular flexibility index (Phi) is 5.65. The van der Waals surface area contributed by atoms with E-state index in [4.69, 9.17) is 0 Å². The van der Waals surface area contributed by atoms with Gasteiger partial charge in [-0.25, -0.2) is 0 Å². The molecule has 3 amide bonds. The van der Waals surface area contributed by atoms with Crippen LogP contribution in [0, 0.1) is 0 Å². The van der Waals surface area contributed by atoms with E-state index in [2.05, 4.69) is 20.3 Å². The van der Waals surface area contributed by atoms with Crippen LogP contribution in [0.5, 0.6) is 5.75 Å². The van der Waals surface area contributed by atoms with E-state index in [9.17, 15) is 27.6 Å². The van der Waals surface area contributed by atoms with Gasteiger partial charge in [0.15, 0.2) is 5.82 Å². The first kappa shape index (κ1) is 22.8. The molecule has 0 atom stereocenters. The fraction of sp³-hybridized carbons (Fsp3) is 0.348. The number of hydrogen-bond acceptors (Lipinski definition) is 7. The molecule has 1 N–H and O–H groups in total. The summed E-state index contributed by atoms with van der Waals surface area (Å²) in [5.41, 5.74) is 1.71. The molecule has 12 heteroatoms. The Morgan fingerprint density at radius 2 is 1.80 bits per heavy atom. The third-order valence-corrected chi connectivity index (χ3v) is 5.92. The van der Waals surface area contributed by atoms with Crippen LogP contribution in [0.25, 0.3) is 11.3 Å². The summed E-state index contributed by atoms with van der Waals surface area (Å²) in [4.78, 5) is 41.1. The quantitative estimate of drug-likeness (QED) is 0.625. The van der Waals surface area contributed by atoms with Gasteiger partial charge in [0, 0.05) is 23.7 Å². The van der Waals surface area contributed by atoms with Crippen LogP contribution in [0.2, 0.25) is 0 Å². The molecule has 1 aliphatic carbocycles. The Labute approximate surface area is 197 Å². The lowest BCUT2D eigenvalue weighted by Crippen LogP contribution is -2.40. The first-order valence-electron chi connectivity index (χ1n) is 11.1. The van der Waals surface area contributed by atoms with Crippen molar-refractivity contribution in [1.82, 2.24) is 20.0 Å². The minimum Gasteiger partial charge on any atom is -0.406 e. The van der Waals surface area contributed by atoms with Crippen molar-refractivity contribution in [2.75, 3.05) is 18.4 Å². The number of carbonyl (C=O) groups is 3. The Balaban J connectivity index is 1.21. The molecule has 5 rings (SSSR count). The predicted molar refractivity (Wildman–Crippen MR) is 115 cm³/mol. The van der Waals surface area contributed by atoms with Crippen molar-refractivity contribution in [1.29, 1.82) is 0 Å². The van der Waals surface area contributed by atoms with Crippen molar-refractivity contribution >= 4 is 23.5 Å². The second-order valence-corrected chi connectivity index (χ2v) is 8.49. The van der Waals surface area contributed by atoms with E-state index in [1.807, 2.05) is 0 Å². The first-order chi connectivity index (χ1) is 16.7. The molecule has 3 aliphatic rings. The number of benzene rings is 1. The van der Waals surface area contributed by atoms with Crippen molar-refractivity contribution < 1.29 is 32.3 Å². The van der Waals surface area contributed by atoms with E-state index < -0.39 is 12.3 Å². The number of hydrogen-bond donors (Lipinski definition) is 1. The van der Waals surface area contributed by atoms with Gasteiger partial charge >= 0.3 is 6.36 Å². The number of halogens is 3. The average molecular weight is 487 g/mol. The molecule has 0 bridgehead atoms. The number of aromatic nitrogens is 2. The summed E-state index contributed by atoms with van der Waals surface area (Å²) in [7, 11) is 0. The maximum absolute atomic E-state index is 12.8. The van der Waals surface area contributed by atoms with Gasteiger partial charge in [0.2, 0.25) is 5.91 Å². The Morgan fingerprint density at radius 1 is 1.06 bits per heavy atom. The second kappa shape index (κ2) is 8.67. The normalized spacial score (nSPS) is 18.1. The van der Waals surface area contributed by atoms with Gasteiger partial charge in [0.1, 0.15) is 11.4 Å². The molecule has 1 fully saturated rings. The Morgan fingerprint density at radius 3 is 2.43 bits per heavy atom. The molecule has 0 unspecified atom stereocenters. The van der Waals surface area contributed by atoms with Gasteiger partial charge in [-0.15, -0.1) is 23.4 Å². The Bertz CT molecular complexity index is 1210. The number of amides is 3. The van der Waals surface area contributed by atoms with Crippen LogP contribution in [0.4, 0.5) is 19.0 Å². The molecular formula is C23H20F3N5O4. The molecule has 0 saturated heterocycles. The Hall–Kier alpha value is -3.96. The van der Waals surface area contributed by atoms with Gasteiger partial charge < -0.3 is 15.0 Å². The van der Waals surface area contributed by atoms with Crippen molar-refractivity contribution in [3.8, 4) is 17.0 Å². The van der Waals surface area contributed by atoms with Gasteiger partial charge in [0.05, 0.1) is 12.2 Å². The lowest BCUT2D eigenvalue weighted by molar-refractivity contribution is -0.274. The summed E-state index contributed by atoms with van der Waals surface area (Å²) in [5.74, 6) is -1.15. The van der Waals surface area contributed by atoms with Crippen LogP contribution in [0.1, 0.15) is 25.7 Å². The summed E-state index contributed by atoms with van der Waals surface area (Å²) in [5, 5.41) is 10.6. The highest BCUT2D eigenvalue weighted by atomic mass is 19.4. The molecule has 1 aromatic carbocycles. The minimum absolute atomic E-state index is 0.0292. The van der Waals surface area contributed by atoms with E-state index in [1.54, 1.807) is 11.0 Å². The highest BCUT2D eigenvalue weighted by Gasteiger charge is 2.48. The number of nitrogens with one attached hydrogen (secondary N) is 1. The van der Waals surface area contributed by atoms with Crippen molar-refractivity contribution in [3.63, 3.8) is 0 Å². The van der Waals surface area contributed by atoms with Gasteiger partial charge in [-0.3, -0.25) is 19.3 Å². The van der Waals surface area contributed by atoms with Crippen LogP contribution in [-0.4, -0.2) is 63.2 Å². The number of rotatable bonds is 6. The zero-order valence-electron chi connectivity index (χ0n) is 18.3. The second-order valence-electron chi connectivity index (χ2n) is 8.49. The molecule has 2 aromatic rings. The SMILES string of the molecule is O=C(CN1CCCC2=C1C(=O)N(C1CC1)C2=O)Nc1ccc(-c2ccc(OC(F)(F)F)cc2)nn1. The maximum atomic E-state index is 12.8. The number of imide groups is 1. The monoisotopic (exact) mass is 487 g/mol. The highest BCUT2D eigenvalue weighted by molar-refractivity contribution is 6.19. The number of ether oxygens (including phenoxy) is 1. The van der Waals surface area contributed by atoms with Crippen molar-refractivity contribution in [2.24, 2.45) is 0 Å². The zero-order chi connectivity index (χ0) is 24.7. The molecule has 9 nitrogen and oxygen atoms in total. The number of nitrogens with zero attached hydrogens (tertiary/aromatic N) is 4. The van der Waals surface area contributed by atoms with Crippen LogP contribution < -0.4 is 10.1 Å². The maximum Gasteiger partial charge on any atom is 0.573 e. The smallest absolute Gasteiger partial charge is 0.406 e. The number of carbonyl (C=O) groups excluding carboxylic acids is 3. The molecule has 1 saturated carbocycles. The standard InChI is InChI=1S/C23H20F3N5O4/c24-23(25,26)35-15-7-3-13(4-8-15)17-9-10-18(29-28-17)27-19(32)12-30-11-1-2-16-20(30)22(34)31(21(16)33)14-5-6-14/h3-4,7-10,14H,1-2,5-6,11-12H2,(H,27,29,32). The summed E-state index contributed by atoms with van der Waals surface area (Å²) in [6.07, 6.45) is -1.94. The van der Waals surface area contributed by atoms with Crippen LogP contribution in [-0.2, 0) is 14.4 Å². The first-order valence-corrected chi connectivity index (χ1v) is 11.1. The van der Waals surface area contributed by atoms with Gasteiger partial charge in [-0.05, 0) is 62.1 Å². The summed E-state index contributed by atoms with van der Waals surface area (Å²) in [6, 6.07) is 8.21. The number of anilines is 1. The van der Waals surface area contributed by atoms with E-state index in [0.29, 0.717) is 41.9 Å². The third kappa shape index (κ3) is 4.81. The molecule has 0 spiro atoms. The zero-order valence-corrected chi connectivity index (χ0v) is 18.3. The van der Waals surface area contributed by atoms with E-state index >= 15 is 0 Å². The topological polar surface area (TPSA) is 105 Å². The van der Waals surface area contributed by atoms with Gasteiger partial charge in [-0.1, -0.05) is 0 Å². The van der Waals surface area contributed by atoms with Crippen molar-refractivity contribution in [2.45, 2.75) is 38.1 Å². The molecule has 1 aromatic heterocycles. The minimum atomic E-state index is -4.77. The van der Waals surface area contributed by atoms with Gasteiger partial charge in [0.25, 0.3) is 11.8 Å². The van der Waals surface area contributed by atoms with Crippen molar-refractivity contribution in [3.05, 3.63) is 47.7 Å². The van der Waals surface area contributed by atoms with Crippen LogP contribution in [0.15, 0.2) is 47.7 Å². The average Bonchev–Trinajstić information content (AvgIpc) is 3.60. The summed E-state index contributed by atoms with van der Waals surface area (Å²) in [6.45, 7) is 0.378. The molecule has 0 radical (unpaired) electrons. The largest absolute Gasteiger partial charge is 0.573 e. The molecule has 182 valence electrons. The lowest BCUT2D eigenvalue weighted by Gasteiger charge is -2.28. The third-order valence-electron chi connectivity index (χ3n) is 5.92. The summed E-state index contributed by atoms with van der Waals surface area (Å²) >= 11 is 0. The molecule has 2 aliphatic heterocycles. The lowest BCUT2D eigenvalue weighted by atomic mass is 10.0. The molecule has 3 heterocycles. The fourth-order valence-corrected chi connectivity index (χ4v) is 4.25. The summed E-state index contributed by atoms with van der Waals surface area (Å²) < 4.78 is 40.7. The molecule has 35 heavy (non-hydrogen) atoms. The van der Waals surface area contributed by atoms with Gasteiger partial charge in [-0.2, -0.15) is 0 Å². The fourth-order valence-electron chi connectivity index (χ4n) is 4.25. The number of alkyl halides is 3. The van der Waals surface area contributed by atoms with E-state index in [-0.39, 0.29) is 36.0 Å². The molecular weight excluding hydrogens is 467 g/mol. The highest BCUT2D eigenvalue weighted by Crippen LogP contribution is 2.38. The van der Waals surface area contributed by atoms with Crippen LogP contribution >= 0.6 is 0 Å². The van der Waals surface area contributed by atoms with E-state index in [0.717, 1.165) is 12.8 Å². The van der Waals surface area contributed by atoms with E-state index in [1.165, 1.54) is 35.2 Å². The van der Waals surface area contributed by atoms with Crippen LogP contribution in [0.3, 0.4) is 0 Å². The predicted octanol–water partition coefficient (Wildman–Crippen LogP) is 2.86.